The summed E-state index contributed by atoms with van der Waals surface area (Å²) in [4.78, 5) is 4.40. The molecule has 0 saturated heterocycles. The van der Waals surface area contributed by atoms with E-state index in [1.54, 1.807) is 11.3 Å². The molecule has 0 unspecified atom stereocenters. The highest BCUT2D eigenvalue weighted by Gasteiger charge is 2.11. The fourth-order valence-electron chi connectivity index (χ4n) is 0.787. The number of thioether (sulfide) groups is 1. The van der Waals surface area contributed by atoms with Crippen molar-refractivity contribution in [2.24, 2.45) is 5.73 Å². The van der Waals surface area contributed by atoms with Crippen LogP contribution >= 0.6 is 23.1 Å². The minimum absolute atomic E-state index is 0.314. The zero-order valence-electron chi connectivity index (χ0n) is 8.33. The number of thiazole rings is 1. The van der Waals surface area contributed by atoms with Crippen molar-refractivity contribution in [3.05, 3.63) is 16.1 Å². The van der Waals surface area contributed by atoms with Crippen molar-refractivity contribution >= 4 is 23.1 Å². The van der Waals surface area contributed by atoms with Gasteiger partial charge in [-0.2, -0.15) is 0 Å². The molecule has 1 aromatic rings. The fraction of sp³-hybridized carbons (Fsp3) is 0.667. The van der Waals surface area contributed by atoms with Gasteiger partial charge in [0.2, 0.25) is 0 Å². The SMILES string of the molecule is CC(C)(C)SCc1nc(CN)cs1. The fourth-order valence-corrected chi connectivity index (χ4v) is 2.45. The minimum atomic E-state index is 0.314. The Hall–Kier alpha value is -0.0600. The average Bonchev–Trinajstić information content (AvgIpc) is 2.47. The van der Waals surface area contributed by atoms with Gasteiger partial charge in [0.1, 0.15) is 5.01 Å². The van der Waals surface area contributed by atoms with Gasteiger partial charge < -0.3 is 5.73 Å². The van der Waals surface area contributed by atoms with Crippen molar-refractivity contribution in [1.29, 1.82) is 0 Å². The van der Waals surface area contributed by atoms with Gasteiger partial charge in [-0.15, -0.1) is 23.1 Å². The highest BCUT2D eigenvalue weighted by Crippen LogP contribution is 2.28. The lowest BCUT2D eigenvalue weighted by molar-refractivity contribution is 0.802. The molecule has 0 saturated carbocycles. The Bertz CT molecular complexity index is 263. The van der Waals surface area contributed by atoms with Crippen LogP contribution in [0.2, 0.25) is 0 Å². The van der Waals surface area contributed by atoms with Crippen LogP contribution < -0.4 is 5.73 Å². The summed E-state index contributed by atoms with van der Waals surface area (Å²) in [6.07, 6.45) is 0. The van der Waals surface area contributed by atoms with Gasteiger partial charge in [0.25, 0.3) is 0 Å². The highest BCUT2D eigenvalue weighted by atomic mass is 32.2. The smallest absolute Gasteiger partial charge is 0.103 e. The van der Waals surface area contributed by atoms with Crippen LogP contribution in [0.25, 0.3) is 0 Å². The largest absolute Gasteiger partial charge is 0.325 e. The number of aromatic nitrogens is 1. The van der Waals surface area contributed by atoms with Crippen molar-refractivity contribution in [2.75, 3.05) is 0 Å². The number of hydrogen-bond acceptors (Lipinski definition) is 4. The second-order valence-corrected chi connectivity index (χ2v) is 6.58. The lowest BCUT2D eigenvalue weighted by Crippen LogP contribution is -2.07. The van der Waals surface area contributed by atoms with Gasteiger partial charge in [0.05, 0.1) is 5.69 Å². The van der Waals surface area contributed by atoms with Crippen LogP contribution in [-0.4, -0.2) is 9.73 Å². The number of hydrogen-bond donors (Lipinski definition) is 1. The van der Waals surface area contributed by atoms with E-state index in [9.17, 15) is 0 Å². The summed E-state index contributed by atoms with van der Waals surface area (Å²) in [7, 11) is 0. The lowest BCUT2D eigenvalue weighted by atomic mass is 10.3. The summed E-state index contributed by atoms with van der Waals surface area (Å²) >= 11 is 3.62. The standard InChI is InChI=1S/C9H16N2S2/c1-9(2,3)13-6-8-11-7(4-10)5-12-8/h5H,4,6,10H2,1-3H3. The van der Waals surface area contributed by atoms with Crippen molar-refractivity contribution in [3.8, 4) is 0 Å². The second-order valence-electron chi connectivity index (χ2n) is 3.84. The van der Waals surface area contributed by atoms with E-state index >= 15 is 0 Å². The molecule has 0 fully saturated rings. The van der Waals surface area contributed by atoms with E-state index in [1.807, 2.05) is 17.1 Å². The van der Waals surface area contributed by atoms with Gasteiger partial charge in [-0.1, -0.05) is 20.8 Å². The topological polar surface area (TPSA) is 38.9 Å². The molecule has 0 atom stereocenters. The summed E-state index contributed by atoms with van der Waals surface area (Å²) in [6.45, 7) is 7.20. The van der Waals surface area contributed by atoms with Crippen LogP contribution in [0, 0.1) is 0 Å². The van der Waals surface area contributed by atoms with Crippen LogP contribution in [-0.2, 0) is 12.3 Å². The predicted molar refractivity (Wildman–Crippen MR) is 61.1 cm³/mol. The Labute approximate surface area is 87.9 Å². The molecule has 0 amide bonds. The first kappa shape index (κ1) is 11.0. The zero-order valence-corrected chi connectivity index (χ0v) is 9.97. The van der Waals surface area contributed by atoms with Crippen LogP contribution in [0.15, 0.2) is 5.38 Å². The molecule has 0 aliphatic rings. The molecule has 0 aliphatic carbocycles. The average molecular weight is 216 g/mol. The first-order chi connectivity index (χ1) is 6.01. The van der Waals surface area contributed by atoms with E-state index in [2.05, 4.69) is 25.8 Å². The van der Waals surface area contributed by atoms with Crippen LogP contribution in [0.4, 0.5) is 0 Å². The number of nitrogens with two attached hydrogens (primary N) is 1. The number of nitrogens with zero attached hydrogens (tertiary/aromatic N) is 1. The highest BCUT2D eigenvalue weighted by molar-refractivity contribution is 7.99. The zero-order chi connectivity index (χ0) is 9.90. The lowest BCUT2D eigenvalue weighted by Gasteiger charge is -2.16. The molecule has 2 N–H and O–H groups in total. The van der Waals surface area contributed by atoms with Gasteiger partial charge in [-0.05, 0) is 0 Å². The first-order valence-electron chi connectivity index (χ1n) is 4.28. The molecule has 2 nitrogen and oxygen atoms in total. The summed E-state index contributed by atoms with van der Waals surface area (Å²) in [5.41, 5.74) is 6.49. The maximum Gasteiger partial charge on any atom is 0.103 e. The summed E-state index contributed by atoms with van der Waals surface area (Å²) in [5, 5.41) is 3.22. The number of rotatable bonds is 3. The molecule has 0 radical (unpaired) electrons. The Kier molecular flexibility index (Phi) is 3.76. The van der Waals surface area contributed by atoms with Gasteiger partial charge in [-0.3, -0.25) is 0 Å². The van der Waals surface area contributed by atoms with Crippen LogP contribution in [0.5, 0.6) is 0 Å². The maximum atomic E-state index is 5.48. The normalized spacial score (nSPS) is 12.0. The predicted octanol–water partition coefficient (Wildman–Crippen LogP) is 2.63. The molecule has 0 aliphatic heterocycles. The molecular weight excluding hydrogens is 200 g/mol. The van der Waals surface area contributed by atoms with Crippen molar-refractivity contribution in [1.82, 2.24) is 4.98 Å². The molecule has 0 spiro atoms. The third-order valence-corrected chi connectivity index (χ3v) is 3.80. The molecule has 1 heterocycles. The molecular formula is C9H16N2S2. The summed E-state index contributed by atoms with van der Waals surface area (Å²) in [6, 6.07) is 0. The van der Waals surface area contributed by atoms with E-state index in [1.165, 1.54) is 5.01 Å². The third-order valence-electron chi connectivity index (χ3n) is 1.44. The molecule has 0 aromatic carbocycles. The molecule has 13 heavy (non-hydrogen) atoms. The maximum absolute atomic E-state index is 5.48. The molecule has 4 heteroatoms. The molecule has 1 rings (SSSR count). The Balaban J connectivity index is 2.46. The van der Waals surface area contributed by atoms with Crippen LogP contribution in [0.1, 0.15) is 31.5 Å². The summed E-state index contributed by atoms with van der Waals surface area (Å²) < 4.78 is 0.314. The van der Waals surface area contributed by atoms with E-state index in [4.69, 9.17) is 5.73 Å². The third kappa shape index (κ3) is 4.11. The summed E-state index contributed by atoms with van der Waals surface area (Å²) in [5.74, 6) is 0.994. The van der Waals surface area contributed by atoms with Crippen molar-refractivity contribution in [3.63, 3.8) is 0 Å². The molecule has 74 valence electrons. The van der Waals surface area contributed by atoms with Gasteiger partial charge in [0.15, 0.2) is 0 Å². The minimum Gasteiger partial charge on any atom is -0.325 e. The molecule has 1 aromatic heterocycles. The van der Waals surface area contributed by atoms with Crippen molar-refractivity contribution < 1.29 is 0 Å². The van der Waals surface area contributed by atoms with E-state index in [0.29, 0.717) is 11.3 Å². The Morgan fingerprint density at radius 3 is 2.69 bits per heavy atom. The Morgan fingerprint density at radius 2 is 2.23 bits per heavy atom. The van der Waals surface area contributed by atoms with E-state index in [0.717, 1.165) is 11.4 Å². The van der Waals surface area contributed by atoms with Crippen LogP contribution in [0.3, 0.4) is 0 Å². The monoisotopic (exact) mass is 216 g/mol. The van der Waals surface area contributed by atoms with E-state index in [-0.39, 0.29) is 0 Å². The quantitative estimate of drug-likeness (QED) is 0.844. The van der Waals surface area contributed by atoms with Gasteiger partial charge in [-0.25, -0.2) is 4.98 Å². The van der Waals surface area contributed by atoms with E-state index < -0.39 is 0 Å². The Morgan fingerprint density at radius 1 is 1.54 bits per heavy atom. The second kappa shape index (κ2) is 4.44. The molecule has 0 bridgehead atoms. The van der Waals surface area contributed by atoms with Gasteiger partial charge in [0, 0.05) is 22.4 Å². The first-order valence-corrected chi connectivity index (χ1v) is 6.15. The van der Waals surface area contributed by atoms with Crippen molar-refractivity contribution in [2.45, 2.75) is 37.8 Å². The van der Waals surface area contributed by atoms with Gasteiger partial charge >= 0.3 is 0 Å².